The number of carboxylic acids is 1. The molecule has 0 spiro atoms. The molecule has 0 unspecified atom stereocenters. The predicted molar refractivity (Wildman–Crippen MR) is 126 cm³/mol. The van der Waals surface area contributed by atoms with E-state index in [0.717, 1.165) is 41.4 Å². The van der Waals surface area contributed by atoms with E-state index in [4.69, 9.17) is 0 Å². The number of imidazole rings is 1. The van der Waals surface area contributed by atoms with Gasteiger partial charge in [0.15, 0.2) is 0 Å². The van der Waals surface area contributed by atoms with Gasteiger partial charge >= 0.3 is 11.7 Å². The van der Waals surface area contributed by atoms with Crippen LogP contribution in [0.4, 0.5) is 0 Å². The molecule has 1 saturated carbocycles. The van der Waals surface area contributed by atoms with Crippen molar-refractivity contribution >= 4 is 27.9 Å². The van der Waals surface area contributed by atoms with Crippen molar-refractivity contribution in [2.45, 2.75) is 52.1 Å². The van der Waals surface area contributed by atoms with Gasteiger partial charge in [0.25, 0.3) is 0 Å². The van der Waals surface area contributed by atoms with E-state index in [9.17, 15) is 14.7 Å². The Morgan fingerprint density at radius 2 is 1.62 bits per heavy atom. The maximum absolute atomic E-state index is 13.7. The number of carboxylic acid groups (broad SMARTS) is 1. The predicted octanol–water partition coefficient (Wildman–Crippen LogP) is 4.69. The van der Waals surface area contributed by atoms with Crippen LogP contribution in [0.1, 0.15) is 43.2 Å². The third-order valence-corrected chi connectivity index (χ3v) is 7.28. The van der Waals surface area contributed by atoms with Crippen LogP contribution >= 0.6 is 0 Å². The van der Waals surface area contributed by atoms with Crippen LogP contribution in [0.5, 0.6) is 0 Å². The summed E-state index contributed by atoms with van der Waals surface area (Å²) in [4.78, 5) is 26.0. The Labute approximate surface area is 186 Å². The van der Waals surface area contributed by atoms with Gasteiger partial charge in [-0.15, -0.1) is 0 Å². The lowest BCUT2D eigenvalue weighted by Gasteiger charge is -2.33. The molecule has 1 N–H and O–H groups in total. The number of nitrogens with zero attached hydrogens (tertiary/aromatic N) is 3. The molecule has 2 aromatic carbocycles. The molecule has 6 nitrogen and oxygen atoms in total. The summed E-state index contributed by atoms with van der Waals surface area (Å²) in [5, 5.41) is 11.3. The van der Waals surface area contributed by atoms with E-state index in [1.807, 2.05) is 31.3 Å². The minimum atomic E-state index is -0.868. The number of hydrogen-bond acceptors (Lipinski definition) is 2. The van der Waals surface area contributed by atoms with E-state index < -0.39 is 11.4 Å². The van der Waals surface area contributed by atoms with E-state index in [1.165, 1.54) is 10.9 Å². The molecule has 0 amide bonds. The summed E-state index contributed by atoms with van der Waals surface area (Å²) in [6.07, 6.45) is 6.19. The number of benzene rings is 2. The van der Waals surface area contributed by atoms with E-state index >= 15 is 0 Å². The van der Waals surface area contributed by atoms with Crippen molar-refractivity contribution in [2.24, 2.45) is 12.5 Å². The molecule has 2 heterocycles. The van der Waals surface area contributed by atoms with Crippen molar-refractivity contribution in [3.05, 3.63) is 70.3 Å². The lowest BCUT2D eigenvalue weighted by Crippen LogP contribution is -2.40. The van der Waals surface area contributed by atoms with Crippen molar-refractivity contribution in [2.75, 3.05) is 0 Å². The molecule has 6 heteroatoms. The third-order valence-electron chi connectivity index (χ3n) is 7.28. The fraction of sp³-hybridized carbons (Fsp3) is 0.385. The van der Waals surface area contributed by atoms with Crippen molar-refractivity contribution in [1.82, 2.24) is 13.7 Å². The van der Waals surface area contributed by atoms with E-state index in [-0.39, 0.29) is 12.2 Å². The Morgan fingerprint density at radius 1 is 0.969 bits per heavy atom. The van der Waals surface area contributed by atoms with Crippen LogP contribution in [0, 0.1) is 12.3 Å². The largest absolute Gasteiger partial charge is 0.481 e. The molecule has 5 rings (SSSR count). The molecule has 0 saturated heterocycles. The van der Waals surface area contributed by atoms with Crippen molar-refractivity contribution in [3.8, 4) is 0 Å². The van der Waals surface area contributed by atoms with Crippen LogP contribution in [0.15, 0.2) is 53.5 Å². The average molecular weight is 432 g/mol. The second-order valence-corrected chi connectivity index (χ2v) is 9.32. The minimum Gasteiger partial charge on any atom is -0.481 e. The van der Waals surface area contributed by atoms with Gasteiger partial charge in [-0.25, -0.2) is 4.79 Å². The maximum Gasteiger partial charge on any atom is 0.329 e. The first-order valence-corrected chi connectivity index (χ1v) is 11.4. The SMILES string of the molecule is Cc1cccc2c1c(Cn1c(=O)n(CC3(C(=O)O)CCCCC3)c3ccccc31)cn2C. The number of fused-ring (bicyclic) bond motifs is 2. The van der Waals surface area contributed by atoms with Crippen LogP contribution in [-0.2, 0) is 24.9 Å². The summed E-state index contributed by atoms with van der Waals surface area (Å²) in [6.45, 7) is 2.77. The fourth-order valence-corrected chi connectivity index (χ4v) is 5.57. The average Bonchev–Trinajstić information content (AvgIpc) is 3.25. The van der Waals surface area contributed by atoms with Crippen molar-refractivity contribution in [1.29, 1.82) is 0 Å². The quantitative estimate of drug-likeness (QED) is 0.499. The molecule has 2 aromatic heterocycles. The van der Waals surface area contributed by atoms with Gasteiger partial charge in [-0.2, -0.15) is 0 Å². The fourth-order valence-electron chi connectivity index (χ4n) is 5.57. The van der Waals surface area contributed by atoms with Crippen LogP contribution in [0.2, 0.25) is 0 Å². The maximum atomic E-state index is 13.7. The van der Waals surface area contributed by atoms with Crippen LogP contribution in [0.3, 0.4) is 0 Å². The molecular formula is C26H29N3O3. The molecule has 1 aliphatic rings. The van der Waals surface area contributed by atoms with Crippen LogP contribution in [0.25, 0.3) is 21.9 Å². The zero-order chi connectivity index (χ0) is 22.5. The molecule has 32 heavy (non-hydrogen) atoms. The Balaban J connectivity index is 1.64. The van der Waals surface area contributed by atoms with Crippen LogP contribution in [-0.4, -0.2) is 24.8 Å². The molecule has 4 aromatic rings. The highest BCUT2D eigenvalue weighted by Gasteiger charge is 2.41. The smallest absolute Gasteiger partial charge is 0.329 e. The standard InChI is InChI=1S/C26H29N3O3/c1-18-9-8-12-22-23(18)19(15-27(22)2)16-28-20-10-4-5-11-21(20)29(25(28)32)17-26(24(30)31)13-6-3-7-14-26/h4-5,8-12,15H,3,6-7,13-14,16-17H2,1-2H3,(H,30,31). The summed E-state index contributed by atoms with van der Waals surface area (Å²) in [7, 11) is 2.02. The highest BCUT2D eigenvalue weighted by Crippen LogP contribution is 2.38. The molecule has 1 aliphatic carbocycles. The zero-order valence-corrected chi connectivity index (χ0v) is 18.7. The van der Waals surface area contributed by atoms with Gasteiger partial charge in [0.1, 0.15) is 0 Å². The first-order chi connectivity index (χ1) is 15.4. The van der Waals surface area contributed by atoms with Gasteiger partial charge in [-0.3, -0.25) is 13.9 Å². The Morgan fingerprint density at radius 3 is 2.31 bits per heavy atom. The second kappa shape index (κ2) is 7.69. The lowest BCUT2D eigenvalue weighted by molar-refractivity contribution is -0.152. The summed E-state index contributed by atoms with van der Waals surface area (Å²) >= 11 is 0. The molecule has 0 radical (unpaired) electrons. The highest BCUT2D eigenvalue weighted by atomic mass is 16.4. The van der Waals surface area contributed by atoms with E-state index in [1.54, 1.807) is 9.13 Å². The summed E-state index contributed by atoms with van der Waals surface area (Å²) in [5.41, 5.74) is 4.07. The number of hydrogen-bond donors (Lipinski definition) is 1. The van der Waals surface area contributed by atoms with Crippen molar-refractivity contribution in [3.63, 3.8) is 0 Å². The molecule has 1 fully saturated rings. The van der Waals surface area contributed by atoms with Gasteiger partial charge in [-0.1, -0.05) is 43.5 Å². The molecule has 0 atom stereocenters. The minimum absolute atomic E-state index is 0.136. The summed E-state index contributed by atoms with van der Waals surface area (Å²) in [6, 6.07) is 14.0. The molecule has 0 aliphatic heterocycles. The Bertz CT molecular complexity index is 1380. The van der Waals surface area contributed by atoms with Gasteiger partial charge in [0.05, 0.1) is 23.0 Å². The molecule has 0 bridgehead atoms. The monoisotopic (exact) mass is 431 g/mol. The number of aryl methyl sites for hydroxylation is 2. The van der Waals surface area contributed by atoms with Gasteiger partial charge in [0.2, 0.25) is 0 Å². The lowest BCUT2D eigenvalue weighted by atomic mass is 9.74. The second-order valence-electron chi connectivity index (χ2n) is 9.32. The number of carbonyl (C=O) groups is 1. The summed E-state index contributed by atoms with van der Waals surface area (Å²) in [5.74, 6) is -0.786. The number of para-hydroxylation sites is 2. The first-order valence-electron chi connectivity index (χ1n) is 11.4. The Hall–Kier alpha value is -3.28. The van der Waals surface area contributed by atoms with Gasteiger partial charge in [0, 0.05) is 30.7 Å². The zero-order valence-electron chi connectivity index (χ0n) is 18.7. The molecular weight excluding hydrogens is 402 g/mol. The van der Waals surface area contributed by atoms with Crippen LogP contribution < -0.4 is 5.69 Å². The normalized spacial score (nSPS) is 16.1. The van der Waals surface area contributed by atoms with Gasteiger partial charge in [-0.05, 0) is 49.1 Å². The third kappa shape index (κ3) is 3.17. The number of rotatable bonds is 5. The molecule has 166 valence electrons. The number of aliphatic carboxylic acids is 1. The Kier molecular flexibility index (Phi) is 4.96. The first kappa shape index (κ1) is 20.6. The van der Waals surface area contributed by atoms with Crippen molar-refractivity contribution < 1.29 is 9.90 Å². The highest BCUT2D eigenvalue weighted by molar-refractivity contribution is 5.87. The topological polar surface area (TPSA) is 69.2 Å². The van der Waals surface area contributed by atoms with Gasteiger partial charge < -0.3 is 9.67 Å². The summed E-state index contributed by atoms with van der Waals surface area (Å²) < 4.78 is 5.60. The number of aromatic nitrogens is 3. The van der Waals surface area contributed by atoms with E-state index in [0.29, 0.717) is 19.4 Å². The van der Waals surface area contributed by atoms with E-state index in [2.05, 4.69) is 35.9 Å².